The van der Waals surface area contributed by atoms with Crippen molar-refractivity contribution in [1.29, 1.82) is 0 Å². The van der Waals surface area contributed by atoms with Crippen molar-refractivity contribution in [2.24, 2.45) is 0 Å². The molecule has 0 saturated carbocycles. The van der Waals surface area contributed by atoms with Crippen LogP contribution in [0.2, 0.25) is 0 Å². The van der Waals surface area contributed by atoms with Crippen LogP contribution in [0.3, 0.4) is 0 Å². The number of nitrogens with zero attached hydrogens (tertiary/aromatic N) is 1. The summed E-state index contributed by atoms with van der Waals surface area (Å²) >= 11 is 1.53. The van der Waals surface area contributed by atoms with Crippen LogP contribution in [0.15, 0.2) is 6.20 Å². The zero-order valence-electron chi connectivity index (χ0n) is 7.16. The minimum Gasteiger partial charge on any atom is -0.466 e. The predicted molar refractivity (Wildman–Crippen MR) is 47.2 cm³/mol. The number of esters is 1. The number of thiazole rings is 1. The van der Waals surface area contributed by atoms with Crippen molar-refractivity contribution in [2.75, 3.05) is 6.61 Å². The second-order valence-corrected chi connectivity index (χ2v) is 3.65. The topological polar surface area (TPSA) is 39.2 Å². The number of aromatic nitrogens is 1. The molecule has 0 N–H and O–H groups in total. The Labute approximate surface area is 75.4 Å². The Morgan fingerprint density at radius 3 is 3.00 bits per heavy atom. The highest BCUT2D eigenvalue weighted by molar-refractivity contribution is 7.11. The second-order valence-electron chi connectivity index (χ2n) is 2.33. The normalized spacial score (nSPS) is 9.83. The Morgan fingerprint density at radius 1 is 1.75 bits per heavy atom. The molecule has 12 heavy (non-hydrogen) atoms. The molecule has 0 aromatic carbocycles. The van der Waals surface area contributed by atoms with Crippen LogP contribution in [-0.2, 0) is 16.0 Å². The van der Waals surface area contributed by atoms with Crippen LogP contribution in [0, 0.1) is 6.92 Å². The van der Waals surface area contributed by atoms with Gasteiger partial charge in [-0.25, -0.2) is 4.98 Å². The molecule has 1 aromatic heterocycles. The molecule has 1 heterocycles. The van der Waals surface area contributed by atoms with E-state index >= 15 is 0 Å². The summed E-state index contributed by atoms with van der Waals surface area (Å²) in [7, 11) is 0. The minimum atomic E-state index is -0.179. The van der Waals surface area contributed by atoms with Crippen LogP contribution in [0.25, 0.3) is 0 Å². The molecule has 1 aromatic rings. The first-order valence-electron chi connectivity index (χ1n) is 3.79. The quantitative estimate of drug-likeness (QED) is 0.671. The van der Waals surface area contributed by atoms with Crippen molar-refractivity contribution in [3.63, 3.8) is 0 Å². The highest BCUT2D eigenvalue weighted by Crippen LogP contribution is 2.12. The van der Waals surface area contributed by atoms with Crippen LogP contribution < -0.4 is 0 Å². The van der Waals surface area contributed by atoms with E-state index in [0.29, 0.717) is 13.0 Å². The van der Waals surface area contributed by atoms with E-state index in [1.165, 1.54) is 11.3 Å². The fourth-order valence-corrected chi connectivity index (χ4v) is 1.62. The number of aryl methyl sites for hydroxylation is 1. The maximum Gasteiger partial charge on any atom is 0.311 e. The van der Waals surface area contributed by atoms with Crippen LogP contribution in [0.4, 0.5) is 0 Å². The van der Waals surface area contributed by atoms with Gasteiger partial charge in [0, 0.05) is 11.1 Å². The molecule has 0 saturated heterocycles. The van der Waals surface area contributed by atoms with Gasteiger partial charge >= 0.3 is 5.97 Å². The Morgan fingerprint density at radius 2 is 2.50 bits per heavy atom. The largest absolute Gasteiger partial charge is 0.466 e. The molecule has 66 valence electrons. The van der Waals surface area contributed by atoms with Crippen molar-refractivity contribution in [3.8, 4) is 0 Å². The number of rotatable bonds is 3. The monoisotopic (exact) mass is 185 g/mol. The summed E-state index contributed by atoms with van der Waals surface area (Å²) in [6.45, 7) is 4.16. The van der Waals surface area contributed by atoms with Gasteiger partial charge in [0.25, 0.3) is 0 Å². The molecule has 1 rings (SSSR count). The van der Waals surface area contributed by atoms with Crippen molar-refractivity contribution >= 4 is 17.3 Å². The fraction of sp³-hybridized carbons (Fsp3) is 0.500. The van der Waals surface area contributed by atoms with Gasteiger partial charge in [0.1, 0.15) is 0 Å². The Kier molecular flexibility index (Phi) is 3.22. The van der Waals surface area contributed by atoms with Crippen LogP contribution >= 0.6 is 11.3 Å². The lowest BCUT2D eigenvalue weighted by molar-refractivity contribution is -0.142. The third-order valence-corrected chi connectivity index (χ3v) is 2.21. The standard InChI is InChI=1S/C8H11NO2S/c1-3-11-8(10)4-7-5-9-6(2)12-7/h5H,3-4H2,1-2H3. The molecule has 0 bridgehead atoms. The van der Waals surface area contributed by atoms with E-state index in [1.54, 1.807) is 13.1 Å². The average Bonchev–Trinajstić information content (AvgIpc) is 2.36. The summed E-state index contributed by atoms with van der Waals surface area (Å²) in [5.74, 6) is -0.179. The van der Waals surface area contributed by atoms with Gasteiger partial charge in [0.15, 0.2) is 0 Å². The SMILES string of the molecule is CCOC(=O)Cc1cnc(C)s1. The lowest BCUT2D eigenvalue weighted by Gasteiger charge is -1.97. The summed E-state index contributed by atoms with van der Waals surface area (Å²) in [4.78, 5) is 16.0. The Bertz CT molecular complexity index is 270. The van der Waals surface area contributed by atoms with Gasteiger partial charge in [0.2, 0.25) is 0 Å². The number of hydrogen-bond acceptors (Lipinski definition) is 4. The first-order valence-corrected chi connectivity index (χ1v) is 4.61. The zero-order valence-corrected chi connectivity index (χ0v) is 7.98. The molecule has 0 spiro atoms. The van der Waals surface area contributed by atoms with E-state index in [-0.39, 0.29) is 5.97 Å². The van der Waals surface area contributed by atoms with Crippen molar-refractivity contribution in [3.05, 3.63) is 16.1 Å². The molecule has 3 nitrogen and oxygen atoms in total. The number of ether oxygens (including phenoxy) is 1. The molecule has 0 aliphatic heterocycles. The molecular formula is C8H11NO2S. The van der Waals surface area contributed by atoms with Gasteiger partial charge < -0.3 is 4.74 Å². The van der Waals surface area contributed by atoms with Gasteiger partial charge in [-0.15, -0.1) is 11.3 Å². The first kappa shape index (κ1) is 9.19. The van der Waals surface area contributed by atoms with E-state index in [2.05, 4.69) is 4.98 Å². The van der Waals surface area contributed by atoms with Gasteiger partial charge in [-0.05, 0) is 13.8 Å². The van der Waals surface area contributed by atoms with E-state index in [1.807, 2.05) is 6.92 Å². The smallest absolute Gasteiger partial charge is 0.311 e. The van der Waals surface area contributed by atoms with Gasteiger partial charge in [-0.1, -0.05) is 0 Å². The molecule has 0 aliphatic rings. The molecule has 0 amide bonds. The molecule has 0 radical (unpaired) electrons. The highest BCUT2D eigenvalue weighted by Gasteiger charge is 2.05. The molecule has 0 aliphatic carbocycles. The summed E-state index contributed by atoms with van der Waals surface area (Å²) < 4.78 is 4.80. The van der Waals surface area contributed by atoms with Crippen LogP contribution in [0.1, 0.15) is 16.8 Å². The number of carbonyl (C=O) groups excluding carboxylic acids is 1. The molecule has 4 heteroatoms. The molecular weight excluding hydrogens is 174 g/mol. The van der Waals surface area contributed by atoms with Gasteiger partial charge in [0.05, 0.1) is 18.0 Å². The lowest BCUT2D eigenvalue weighted by atomic mass is 10.4. The van der Waals surface area contributed by atoms with E-state index < -0.39 is 0 Å². The summed E-state index contributed by atoms with van der Waals surface area (Å²) in [6, 6.07) is 0. The van der Waals surface area contributed by atoms with E-state index in [9.17, 15) is 4.79 Å². The van der Waals surface area contributed by atoms with E-state index in [4.69, 9.17) is 4.74 Å². The molecule has 0 atom stereocenters. The van der Waals surface area contributed by atoms with Gasteiger partial charge in [-0.2, -0.15) is 0 Å². The Balaban J connectivity index is 2.46. The minimum absolute atomic E-state index is 0.179. The summed E-state index contributed by atoms with van der Waals surface area (Å²) in [6.07, 6.45) is 2.07. The summed E-state index contributed by atoms with van der Waals surface area (Å²) in [5.41, 5.74) is 0. The molecule has 0 unspecified atom stereocenters. The zero-order chi connectivity index (χ0) is 8.97. The Hall–Kier alpha value is -0.900. The van der Waals surface area contributed by atoms with Crippen LogP contribution in [0.5, 0.6) is 0 Å². The lowest BCUT2D eigenvalue weighted by Crippen LogP contribution is -2.06. The predicted octanol–water partition coefficient (Wildman–Crippen LogP) is 1.56. The number of carbonyl (C=O) groups is 1. The van der Waals surface area contributed by atoms with E-state index in [0.717, 1.165) is 9.88 Å². The van der Waals surface area contributed by atoms with Gasteiger partial charge in [-0.3, -0.25) is 4.79 Å². The van der Waals surface area contributed by atoms with Crippen molar-refractivity contribution in [1.82, 2.24) is 4.98 Å². The van der Waals surface area contributed by atoms with Crippen molar-refractivity contribution in [2.45, 2.75) is 20.3 Å². The maximum atomic E-state index is 11.0. The third-order valence-electron chi connectivity index (χ3n) is 1.29. The third kappa shape index (κ3) is 2.62. The van der Waals surface area contributed by atoms with Crippen molar-refractivity contribution < 1.29 is 9.53 Å². The average molecular weight is 185 g/mol. The first-order chi connectivity index (χ1) is 5.72. The highest BCUT2D eigenvalue weighted by atomic mass is 32.1. The van der Waals surface area contributed by atoms with Crippen LogP contribution in [-0.4, -0.2) is 17.6 Å². The second kappa shape index (κ2) is 4.21. The summed E-state index contributed by atoms with van der Waals surface area (Å²) in [5, 5.41) is 0.981. The fourth-order valence-electron chi connectivity index (χ4n) is 0.841. The molecule has 0 fully saturated rings. The maximum absolute atomic E-state index is 11.0. The number of hydrogen-bond donors (Lipinski definition) is 0.